The number of rotatable bonds is 12. The lowest BCUT2D eigenvalue weighted by Crippen LogP contribution is -2.20. The predicted octanol–water partition coefficient (Wildman–Crippen LogP) is 7.59. The maximum Gasteiger partial charge on any atom is 0.306 e. The van der Waals surface area contributed by atoms with Crippen molar-refractivity contribution in [2.24, 2.45) is 11.8 Å². The standard InChI is InChI=1S/C24H44O2/c1-2-3-4-5-7-12-21-17-19-22(20-18-21)13-10-11-16-24(25)26-23-14-8-6-9-15-23/h21-23H,2-20H2,1H3. The highest BCUT2D eigenvalue weighted by atomic mass is 16.5. The molecule has 2 aliphatic carbocycles. The maximum atomic E-state index is 11.9. The minimum absolute atomic E-state index is 0.0590. The van der Waals surface area contributed by atoms with E-state index in [9.17, 15) is 4.79 Å². The third kappa shape index (κ3) is 9.42. The third-order valence-corrected chi connectivity index (χ3v) is 6.78. The molecule has 0 amide bonds. The molecule has 2 aliphatic rings. The van der Waals surface area contributed by atoms with Gasteiger partial charge in [0, 0.05) is 6.42 Å². The Morgan fingerprint density at radius 2 is 1.31 bits per heavy atom. The maximum absolute atomic E-state index is 11.9. The van der Waals surface area contributed by atoms with Gasteiger partial charge in [0.05, 0.1) is 0 Å². The molecular weight excluding hydrogens is 320 g/mol. The number of esters is 1. The second-order valence-corrected chi connectivity index (χ2v) is 9.09. The lowest BCUT2D eigenvalue weighted by molar-refractivity contribution is -0.150. The molecule has 0 atom stereocenters. The van der Waals surface area contributed by atoms with Crippen LogP contribution in [-0.2, 0) is 9.53 Å². The minimum atomic E-state index is 0.0590. The smallest absolute Gasteiger partial charge is 0.306 e. The van der Waals surface area contributed by atoms with E-state index in [1.165, 1.54) is 96.3 Å². The Morgan fingerprint density at radius 3 is 1.92 bits per heavy atom. The van der Waals surface area contributed by atoms with Crippen molar-refractivity contribution in [3.63, 3.8) is 0 Å². The van der Waals surface area contributed by atoms with Gasteiger partial charge in [-0.1, -0.05) is 90.4 Å². The van der Waals surface area contributed by atoms with Crippen LogP contribution in [-0.4, -0.2) is 12.1 Å². The lowest BCUT2D eigenvalue weighted by atomic mass is 9.78. The topological polar surface area (TPSA) is 26.3 Å². The second kappa shape index (κ2) is 13.6. The molecule has 2 saturated carbocycles. The molecule has 0 saturated heterocycles. The van der Waals surface area contributed by atoms with Gasteiger partial charge in [0.25, 0.3) is 0 Å². The predicted molar refractivity (Wildman–Crippen MR) is 110 cm³/mol. The van der Waals surface area contributed by atoms with E-state index < -0.39 is 0 Å². The van der Waals surface area contributed by atoms with Crippen molar-refractivity contribution in [3.8, 4) is 0 Å². The summed E-state index contributed by atoms with van der Waals surface area (Å²) in [6, 6.07) is 0. The molecule has 0 spiro atoms. The second-order valence-electron chi connectivity index (χ2n) is 9.09. The molecule has 26 heavy (non-hydrogen) atoms. The van der Waals surface area contributed by atoms with Crippen LogP contribution in [0.2, 0.25) is 0 Å². The molecule has 0 unspecified atom stereocenters. The first-order valence-corrected chi connectivity index (χ1v) is 12.0. The molecule has 2 rings (SSSR count). The normalized spacial score (nSPS) is 24.5. The van der Waals surface area contributed by atoms with Crippen LogP contribution in [0.1, 0.15) is 129 Å². The Morgan fingerprint density at radius 1 is 0.731 bits per heavy atom. The van der Waals surface area contributed by atoms with Crippen LogP contribution in [0.4, 0.5) is 0 Å². The van der Waals surface area contributed by atoms with Gasteiger partial charge in [-0.2, -0.15) is 0 Å². The zero-order valence-electron chi connectivity index (χ0n) is 17.5. The van der Waals surface area contributed by atoms with Crippen molar-refractivity contribution in [3.05, 3.63) is 0 Å². The van der Waals surface area contributed by atoms with E-state index in [-0.39, 0.29) is 12.1 Å². The fourth-order valence-electron chi connectivity index (χ4n) is 4.98. The highest BCUT2D eigenvalue weighted by molar-refractivity contribution is 5.69. The molecule has 0 N–H and O–H groups in total. The SMILES string of the molecule is CCCCCCCC1CCC(CCCCC(=O)OC2CCCCC2)CC1. The van der Waals surface area contributed by atoms with Gasteiger partial charge in [-0.25, -0.2) is 0 Å². The average Bonchev–Trinajstić information content (AvgIpc) is 2.67. The Kier molecular flexibility index (Phi) is 11.4. The van der Waals surface area contributed by atoms with Gasteiger partial charge >= 0.3 is 5.97 Å². The highest BCUT2D eigenvalue weighted by Gasteiger charge is 2.21. The van der Waals surface area contributed by atoms with Gasteiger partial charge in [-0.3, -0.25) is 4.79 Å². The summed E-state index contributed by atoms with van der Waals surface area (Å²) in [7, 11) is 0. The molecule has 0 aromatic rings. The van der Waals surface area contributed by atoms with Gasteiger partial charge in [-0.05, 0) is 43.9 Å². The number of unbranched alkanes of at least 4 members (excludes halogenated alkanes) is 5. The van der Waals surface area contributed by atoms with Gasteiger partial charge in [-0.15, -0.1) is 0 Å². The molecule has 152 valence electrons. The largest absolute Gasteiger partial charge is 0.462 e. The van der Waals surface area contributed by atoms with Crippen LogP contribution in [0.3, 0.4) is 0 Å². The monoisotopic (exact) mass is 364 g/mol. The van der Waals surface area contributed by atoms with Gasteiger partial charge < -0.3 is 4.74 Å². The number of ether oxygens (including phenoxy) is 1. The zero-order chi connectivity index (χ0) is 18.5. The summed E-state index contributed by atoms with van der Waals surface area (Å²) in [4.78, 5) is 11.9. The Balaban J connectivity index is 1.42. The minimum Gasteiger partial charge on any atom is -0.462 e. The van der Waals surface area contributed by atoms with E-state index in [1.54, 1.807) is 0 Å². The van der Waals surface area contributed by atoms with E-state index in [1.807, 2.05) is 0 Å². The summed E-state index contributed by atoms with van der Waals surface area (Å²) in [5, 5.41) is 0. The van der Waals surface area contributed by atoms with E-state index in [0.717, 1.165) is 31.1 Å². The number of hydrogen-bond acceptors (Lipinski definition) is 2. The van der Waals surface area contributed by atoms with Crippen LogP contribution in [0.15, 0.2) is 0 Å². The molecular formula is C24H44O2. The summed E-state index contributed by atoms with van der Waals surface area (Å²) < 4.78 is 5.62. The van der Waals surface area contributed by atoms with E-state index in [0.29, 0.717) is 6.42 Å². The average molecular weight is 365 g/mol. The first-order valence-electron chi connectivity index (χ1n) is 12.0. The van der Waals surface area contributed by atoms with Crippen molar-refractivity contribution in [2.45, 2.75) is 135 Å². The molecule has 2 heteroatoms. The molecule has 0 aromatic heterocycles. The molecule has 0 radical (unpaired) electrons. The lowest BCUT2D eigenvalue weighted by Gasteiger charge is -2.28. The van der Waals surface area contributed by atoms with Crippen LogP contribution < -0.4 is 0 Å². The molecule has 2 fully saturated rings. The zero-order valence-corrected chi connectivity index (χ0v) is 17.5. The summed E-state index contributed by atoms with van der Waals surface area (Å²) in [6.45, 7) is 2.29. The number of carbonyl (C=O) groups is 1. The fourth-order valence-corrected chi connectivity index (χ4v) is 4.98. The van der Waals surface area contributed by atoms with Crippen LogP contribution >= 0.6 is 0 Å². The summed E-state index contributed by atoms with van der Waals surface area (Å²) in [5.74, 6) is 2.00. The Bertz CT molecular complexity index is 351. The van der Waals surface area contributed by atoms with Gasteiger partial charge in [0.1, 0.15) is 6.10 Å². The molecule has 0 aliphatic heterocycles. The van der Waals surface area contributed by atoms with E-state index in [4.69, 9.17) is 4.74 Å². The Hall–Kier alpha value is -0.530. The molecule has 0 heterocycles. The quantitative estimate of drug-likeness (QED) is 0.263. The van der Waals surface area contributed by atoms with E-state index >= 15 is 0 Å². The first kappa shape index (κ1) is 21.8. The van der Waals surface area contributed by atoms with Crippen molar-refractivity contribution >= 4 is 5.97 Å². The summed E-state index contributed by atoms with van der Waals surface area (Å²) in [6.07, 6.45) is 24.8. The van der Waals surface area contributed by atoms with Crippen LogP contribution in [0, 0.1) is 11.8 Å². The van der Waals surface area contributed by atoms with Crippen LogP contribution in [0.25, 0.3) is 0 Å². The number of hydrogen-bond donors (Lipinski definition) is 0. The molecule has 2 nitrogen and oxygen atoms in total. The van der Waals surface area contributed by atoms with Gasteiger partial charge in [0.15, 0.2) is 0 Å². The summed E-state index contributed by atoms with van der Waals surface area (Å²) in [5.41, 5.74) is 0. The van der Waals surface area contributed by atoms with Crippen molar-refractivity contribution in [1.29, 1.82) is 0 Å². The van der Waals surface area contributed by atoms with Gasteiger partial charge in [0.2, 0.25) is 0 Å². The first-order chi connectivity index (χ1) is 12.8. The third-order valence-electron chi connectivity index (χ3n) is 6.78. The van der Waals surface area contributed by atoms with E-state index in [2.05, 4.69) is 6.92 Å². The van der Waals surface area contributed by atoms with Crippen molar-refractivity contribution < 1.29 is 9.53 Å². The Labute approximate surface area is 162 Å². The fraction of sp³-hybridized carbons (Fsp3) is 0.958. The van der Waals surface area contributed by atoms with Crippen molar-refractivity contribution in [2.75, 3.05) is 0 Å². The molecule has 0 aromatic carbocycles. The number of carbonyl (C=O) groups excluding carboxylic acids is 1. The summed E-state index contributed by atoms with van der Waals surface area (Å²) >= 11 is 0. The molecule has 0 bridgehead atoms. The van der Waals surface area contributed by atoms with Crippen molar-refractivity contribution in [1.82, 2.24) is 0 Å². The van der Waals surface area contributed by atoms with Crippen LogP contribution in [0.5, 0.6) is 0 Å². The highest BCUT2D eigenvalue weighted by Crippen LogP contribution is 2.34.